The van der Waals surface area contributed by atoms with Crippen molar-refractivity contribution in [1.29, 1.82) is 0 Å². The maximum absolute atomic E-state index is 5.89. The Hall–Kier alpha value is -1.06. The molecule has 20 heavy (non-hydrogen) atoms. The molecule has 0 radical (unpaired) electrons. The van der Waals surface area contributed by atoms with Gasteiger partial charge >= 0.3 is 0 Å². The van der Waals surface area contributed by atoms with Crippen LogP contribution in [0, 0.1) is 6.92 Å². The molecule has 112 valence electrons. The van der Waals surface area contributed by atoms with E-state index < -0.39 is 0 Å². The quantitative estimate of drug-likeness (QED) is 0.915. The van der Waals surface area contributed by atoms with Crippen molar-refractivity contribution in [3.8, 4) is 5.75 Å². The molecule has 1 N–H and O–H groups in total. The van der Waals surface area contributed by atoms with Crippen LogP contribution in [-0.4, -0.2) is 42.2 Å². The highest BCUT2D eigenvalue weighted by Crippen LogP contribution is 2.23. The van der Waals surface area contributed by atoms with Gasteiger partial charge in [-0.15, -0.1) is 0 Å². The van der Waals surface area contributed by atoms with Crippen LogP contribution < -0.4 is 10.1 Å². The third-order valence-electron chi connectivity index (χ3n) is 4.06. The summed E-state index contributed by atoms with van der Waals surface area (Å²) in [5, 5.41) is 3.61. The molecule has 1 fully saturated rings. The van der Waals surface area contributed by atoms with Crippen LogP contribution in [-0.2, 0) is 0 Å². The van der Waals surface area contributed by atoms with Crippen molar-refractivity contribution in [2.75, 3.05) is 26.2 Å². The number of aryl methyl sites for hydroxylation is 1. The second-order valence-corrected chi connectivity index (χ2v) is 7.14. The van der Waals surface area contributed by atoms with E-state index in [2.05, 4.69) is 57.0 Å². The number of benzene rings is 1. The van der Waals surface area contributed by atoms with Crippen molar-refractivity contribution < 1.29 is 4.74 Å². The van der Waals surface area contributed by atoms with Gasteiger partial charge in [-0.25, -0.2) is 0 Å². The fraction of sp³-hybridized carbons (Fsp3) is 0.647. The molecule has 0 bridgehead atoms. The van der Waals surface area contributed by atoms with Crippen LogP contribution in [0.2, 0.25) is 0 Å². The van der Waals surface area contributed by atoms with Gasteiger partial charge in [0.05, 0.1) is 0 Å². The van der Waals surface area contributed by atoms with Crippen LogP contribution >= 0.6 is 0 Å². The summed E-state index contributed by atoms with van der Waals surface area (Å²) in [6.07, 6.45) is 0. The molecule has 1 aromatic rings. The highest BCUT2D eigenvalue weighted by atomic mass is 16.5. The van der Waals surface area contributed by atoms with Gasteiger partial charge in [-0.2, -0.15) is 0 Å². The molecule has 3 heteroatoms. The molecular weight excluding hydrogens is 248 g/mol. The Balaban J connectivity index is 1.89. The van der Waals surface area contributed by atoms with Gasteiger partial charge in [-0.05, 0) is 52.3 Å². The van der Waals surface area contributed by atoms with Gasteiger partial charge < -0.3 is 10.1 Å². The number of nitrogens with one attached hydrogen (secondary N) is 1. The number of nitrogens with zero attached hydrogens (tertiary/aromatic N) is 1. The molecule has 0 amide bonds. The van der Waals surface area contributed by atoms with Crippen LogP contribution in [0.25, 0.3) is 0 Å². The van der Waals surface area contributed by atoms with Crippen molar-refractivity contribution in [3.63, 3.8) is 0 Å². The van der Waals surface area contributed by atoms with Crippen molar-refractivity contribution in [2.24, 2.45) is 0 Å². The highest BCUT2D eigenvalue weighted by Gasteiger charge is 2.37. The largest absolute Gasteiger partial charge is 0.492 e. The minimum absolute atomic E-state index is 0.179. The van der Waals surface area contributed by atoms with E-state index in [-0.39, 0.29) is 11.1 Å². The summed E-state index contributed by atoms with van der Waals surface area (Å²) in [5.74, 6) is 0.970. The van der Waals surface area contributed by atoms with E-state index in [1.54, 1.807) is 0 Å². The summed E-state index contributed by atoms with van der Waals surface area (Å²) in [7, 11) is 0. The van der Waals surface area contributed by atoms with Crippen molar-refractivity contribution >= 4 is 0 Å². The van der Waals surface area contributed by atoms with Gasteiger partial charge in [0.2, 0.25) is 0 Å². The lowest BCUT2D eigenvalue weighted by Crippen LogP contribution is -2.66. The molecule has 2 rings (SSSR count). The van der Waals surface area contributed by atoms with E-state index in [1.807, 2.05) is 12.1 Å². The number of ether oxygens (including phenoxy) is 1. The molecule has 0 aliphatic carbocycles. The van der Waals surface area contributed by atoms with Gasteiger partial charge in [0.1, 0.15) is 12.4 Å². The number of piperazine rings is 1. The van der Waals surface area contributed by atoms with Crippen LogP contribution in [0.4, 0.5) is 0 Å². The molecule has 1 heterocycles. The predicted molar refractivity (Wildman–Crippen MR) is 84.4 cm³/mol. The molecule has 3 nitrogen and oxygen atoms in total. The summed E-state index contributed by atoms with van der Waals surface area (Å²) in [5.41, 5.74) is 1.61. The first-order valence-corrected chi connectivity index (χ1v) is 7.48. The lowest BCUT2D eigenvalue weighted by Gasteiger charge is -2.49. The number of rotatable bonds is 4. The number of hydrogen-bond donors (Lipinski definition) is 1. The molecular formula is C17H28N2O. The Labute approximate surface area is 123 Å². The van der Waals surface area contributed by atoms with E-state index in [0.29, 0.717) is 0 Å². The topological polar surface area (TPSA) is 24.5 Å². The first-order valence-electron chi connectivity index (χ1n) is 7.48. The first-order chi connectivity index (χ1) is 9.28. The van der Waals surface area contributed by atoms with E-state index in [0.717, 1.165) is 32.0 Å². The monoisotopic (exact) mass is 276 g/mol. The highest BCUT2D eigenvalue weighted by molar-refractivity contribution is 5.27. The van der Waals surface area contributed by atoms with Crippen molar-refractivity contribution in [2.45, 2.75) is 45.7 Å². The zero-order valence-electron chi connectivity index (χ0n) is 13.5. The minimum atomic E-state index is 0.179. The van der Waals surface area contributed by atoms with Gasteiger partial charge in [-0.1, -0.05) is 12.1 Å². The van der Waals surface area contributed by atoms with Crippen LogP contribution in [0.15, 0.2) is 24.3 Å². The SMILES string of the molecule is Cc1cccc(OCCN2CC(C)(C)NCC2(C)C)c1. The third-order valence-corrected chi connectivity index (χ3v) is 4.06. The Morgan fingerprint density at radius 3 is 2.70 bits per heavy atom. The summed E-state index contributed by atoms with van der Waals surface area (Å²) in [4.78, 5) is 2.53. The maximum atomic E-state index is 5.89. The Morgan fingerprint density at radius 1 is 1.25 bits per heavy atom. The fourth-order valence-electron chi connectivity index (χ4n) is 2.67. The fourth-order valence-corrected chi connectivity index (χ4v) is 2.67. The average molecular weight is 276 g/mol. The Kier molecular flexibility index (Phi) is 4.40. The van der Waals surface area contributed by atoms with Gasteiger partial charge in [0.15, 0.2) is 0 Å². The molecule has 1 saturated heterocycles. The van der Waals surface area contributed by atoms with Gasteiger partial charge in [0, 0.05) is 30.7 Å². The smallest absolute Gasteiger partial charge is 0.119 e. The number of hydrogen-bond acceptors (Lipinski definition) is 3. The van der Waals surface area contributed by atoms with E-state index >= 15 is 0 Å². The average Bonchev–Trinajstić information content (AvgIpc) is 2.34. The first kappa shape index (κ1) is 15.3. The van der Waals surface area contributed by atoms with Crippen molar-refractivity contribution in [3.05, 3.63) is 29.8 Å². The van der Waals surface area contributed by atoms with Crippen LogP contribution in [0.3, 0.4) is 0 Å². The minimum Gasteiger partial charge on any atom is -0.492 e. The zero-order valence-corrected chi connectivity index (χ0v) is 13.5. The summed E-state index contributed by atoms with van der Waals surface area (Å²) in [6, 6.07) is 8.25. The lowest BCUT2D eigenvalue weighted by molar-refractivity contribution is 0.0290. The van der Waals surface area contributed by atoms with Crippen molar-refractivity contribution in [1.82, 2.24) is 10.2 Å². The second-order valence-electron chi connectivity index (χ2n) is 7.14. The zero-order chi connectivity index (χ0) is 14.8. The van der Waals surface area contributed by atoms with Crippen LogP contribution in [0.5, 0.6) is 5.75 Å². The Bertz CT molecular complexity index is 454. The molecule has 0 saturated carbocycles. The van der Waals surface area contributed by atoms with E-state index in [1.165, 1.54) is 5.56 Å². The molecule has 1 aliphatic heterocycles. The molecule has 1 aliphatic rings. The molecule has 0 spiro atoms. The van der Waals surface area contributed by atoms with Crippen LogP contribution in [0.1, 0.15) is 33.3 Å². The molecule has 0 aromatic heterocycles. The second kappa shape index (κ2) is 5.74. The maximum Gasteiger partial charge on any atom is 0.119 e. The predicted octanol–water partition coefficient (Wildman–Crippen LogP) is 2.84. The summed E-state index contributed by atoms with van der Waals surface area (Å²) >= 11 is 0. The summed E-state index contributed by atoms with van der Waals surface area (Å²) in [6.45, 7) is 15.0. The molecule has 0 atom stereocenters. The lowest BCUT2D eigenvalue weighted by atomic mass is 9.91. The van der Waals surface area contributed by atoms with E-state index in [9.17, 15) is 0 Å². The van der Waals surface area contributed by atoms with Gasteiger partial charge in [-0.3, -0.25) is 4.90 Å². The normalized spacial score (nSPS) is 21.6. The summed E-state index contributed by atoms with van der Waals surface area (Å²) < 4.78 is 5.89. The van der Waals surface area contributed by atoms with Gasteiger partial charge in [0.25, 0.3) is 0 Å². The Morgan fingerprint density at radius 2 is 2.00 bits per heavy atom. The van der Waals surface area contributed by atoms with E-state index in [4.69, 9.17) is 4.74 Å². The standard InChI is InChI=1S/C17H28N2O/c1-14-7-6-8-15(11-14)20-10-9-19-13-16(2,3)18-12-17(19,4)5/h6-8,11,18H,9-10,12-13H2,1-5H3. The molecule has 1 aromatic carbocycles. The molecule has 0 unspecified atom stereocenters. The third kappa shape index (κ3) is 3.97.